The van der Waals surface area contributed by atoms with Gasteiger partial charge >= 0.3 is 0 Å². The molecule has 0 N–H and O–H groups in total. The summed E-state index contributed by atoms with van der Waals surface area (Å²) in [5, 5.41) is 4.45. The van der Waals surface area contributed by atoms with E-state index in [1.165, 1.54) is 11.1 Å². The second-order valence-electron chi connectivity index (χ2n) is 11.9. The molecule has 0 saturated carbocycles. The van der Waals surface area contributed by atoms with Crippen molar-refractivity contribution in [3.8, 4) is 23.0 Å². The van der Waals surface area contributed by atoms with Crippen molar-refractivity contribution < 1.29 is 14.2 Å². The minimum absolute atomic E-state index is 0.0627. The number of para-hydroxylation sites is 2. The normalized spacial score (nSPS) is 17.1. The first-order chi connectivity index (χ1) is 22.3. The number of rotatable bonds is 4. The fraction of sp³-hybridized carbons (Fsp3) is 0.100. The van der Waals surface area contributed by atoms with Gasteiger partial charge in [0.15, 0.2) is 0 Å². The lowest BCUT2D eigenvalue weighted by Crippen LogP contribution is -2.22. The van der Waals surface area contributed by atoms with Gasteiger partial charge in [0.2, 0.25) is 0 Å². The minimum Gasteiger partial charge on any atom is -0.489 e. The van der Waals surface area contributed by atoms with E-state index in [2.05, 4.69) is 143 Å². The van der Waals surface area contributed by atoms with Crippen molar-refractivity contribution in [1.82, 2.24) is 9.13 Å². The Kier molecular flexibility index (Phi) is 5.17. The van der Waals surface area contributed by atoms with E-state index in [0.29, 0.717) is 13.2 Å². The molecule has 2 aliphatic rings. The van der Waals surface area contributed by atoms with Crippen molar-refractivity contribution in [2.24, 2.45) is 0 Å². The van der Waals surface area contributed by atoms with Crippen LogP contribution in [0.2, 0.25) is 0 Å². The van der Waals surface area contributed by atoms with E-state index >= 15 is 0 Å². The Labute approximate surface area is 259 Å². The zero-order valence-corrected chi connectivity index (χ0v) is 24.4. The fourth-order valence-electron chi connectivity index (χ4n) is 7.66. The van der Waals surface area contributed by atoms with Gasteiger partial charge in [-0.1, -0.05) is 97.1 Å². The monoisotopic (exact) mass is 584 g/mol. The van der Waals surface area contributed by atoms with Crippen molar-refractivity contribution in [2.45, 2.75) is 12.1 Å². The molecule has 2 atom stereocenters. The van der Waals surface area contributed by atoms with Gasteiger partial charge in [-0.25, -0.2) is 0 Å². The van der Waals surface area contributed by atoms with Gasteiger partial charge < -0.3 is 23.3 Å². The van der Waals surface area contributed by atoms with E-state index in [1.807, 2.05) is 0 Å². The SMILES string of the molecule is c1ccc(C2COc3cccc4c5c(Oc6cccc7c6c6cccc8c6n7C(c6ccccc6)CO8)cccc5n2c34)cc1. The molecule has 0 radical (unpaired) electrons. The Morgan fingerprint density at radius 2 is 0.911 bits per heavy atom. The molecule has 5 heteroatoms. The van der Waals surface area contributed by atoms with E-state index < -0.39 is 0 Å². The van der Waals surface area contributed by atoms with Crippen LogP contribution < -0.4 is 14.2 Å². The van der Waals surface area contributed by atoms with E-state index in [0.717, 1.165) is 66.6 Å². The van der Waals surface area contributed by atoms with E-state index in [4.69, 9.17) is 14.2 Å². The van der Waals surface area contributed by atoms with E-state index in [1.54, 1.807) is 0 Å². The number of benzene rings is 6. The van der Waals surface area contributed by atoms with Crippen LogP contribution in [0.25, 0.3) is 43.6 Å². The molecule has 2 aromatic heterocycles. The molecular formula is C40H28N2O3. The highest BCUT2D eigenvalue weighted by molar-refractivity contribution is 6.15. The molecule has 4 heterocycles. The molecular weight excluding hydrogens is 556 g/mol. The molecule has 2 unspecified atom stereocenters. The predicted molar refractivity (Wildman–Crippen MR) is 179 cm³/mol. The standard InChI is InChI=1S/C40H28N2O3/c1-3-11-25(12-4-1)31-23-43-35-21-7-15-27-37-29(41(31)39(27)35)17-9-19-33(37)45-34-20-10-18-30-38(34)28-16-8-22-36-40(28)42(30)32(24-44-36)26-13-5-2-6-14-26/h1-22,31-32H,23-24H2. The average Bonchev–Trinajstić information content (AvgIpc) is 3.63. The second-order valence-corrected chi connectivity index (χ2v) is 11.9. The average molecular weight is 585 g/mol. The summed E-state index contributed by atoms with van der Waals surface area (Å²) in [7, 11) is 0. The maximum absolute atomic E-state index is 7.03. The van der Waals surface area contributed by atoms with E-state index in [9.17, 15) is 0 Å². The lowest BCUT2D eigenvalue weighted by molar-refractivity contribution is 0.262. The van der Waals surface area contributed by atoms with Crippen molar-refractivity contribution in [2.75, 3.05) is 13.2 Å². The third-order valence-electron chi connectivity index (χ3n) is 9.55. The highest BCUT2D eigenvalue weighted by Gasteiger charge is 2.30. The predicted octanol–water partition coefficient (Wildman–Crippen LogP) is 9.66. The van der Waals surface area contributed by atoms with Crippen LogP contribution in [0.15, 0.2) is 133 Å². The molecule has 0 amide bonds. The Balaban J connectivity index is 1.20. The Morgan fingerprint density at radius 3 is 1.38 bits per heavy atom. The van der Waals surface area contributed by atoms with Gasteiger partial charge in [0.1, 0.15) is 36.2 Å². The fourth-order valence-corrected chi connectivity index (χ4v) is 7.66. The number of fused-ring (bicyclic) bond motifs is 6. The third kappa shape index (κ3) is 3.49. The van der Waals surface area contributed by atoms with Crippen molar-refractivity contribution in [3.05, 3.63) is 145 Å². The number of nitrogens with zero attached hydrogens (tertiary/aromatic N) is 2. The highest BCUT2D eigenvalue weighted by Crippen LogP contribution is 2.48. The molecule has 8 aromatic rings. The van der Waals surface area contributed by atoms with Crippen molar-refractivity contribution in [3.63, 3.8) is 0 Å². The lowest BCUT2D eigenvalue weighted by atomic mass is 10.1. The molecule has 0 spiro atoms. The van der Waals surface area contributed by atoms with Crippen LogP contribution in [0.4, 0.5) is 0 Å². The number of hydrogen-bond donors (Lipinski definition) is 0. The zero-order valence-electron chi connectivity index (χ0n) is 24.4. The van der Waals surface area contributed by atoms with Gasteiger partial charge in [-0.05, 0) is 47.5 Å². The molecule has 0 saturated heterocycles. The third-order valence-corrected chi connectivity index (χ3v) is 9.55. The number of aromatic nitrogens is 2. The summed E-state index contributed by atoms with van der Waals surface area (Å²) in [6, 6.07) is 46.8. The minimum atomic E-state index is 0.0627. The lowest BCUT2D eigenvalue weighted by Gasteiger charge is -2.27. The van der Waals surface area contributed by atoms with Gasteiger partial charge in [0.25, 0.3) is 0 Å². The summed E-state index contributed by atoms with van der Waals surface area (Å²) >= 11 is 0. The van der Waals surface area contributed by atoms with Crippen molar-refractivity contribution >= 4 is 43.6 Å². The largest absolute Gasteiger partial charge is 0.489 e. The Morgan fingerprint density at radius 1 is 0.467 bits per heavy atom. The van der Waals surface area contributed by atoms with Crippen LogP contribution in [0.1, 0.15) is 23.2 Å². The number of hydrogen-bond acceptors (Lipinski definition) is 3. The van der Waals surface area contributed by atoms with Gasteiger partial charge in [0.05, 0.1) is 44.9 Å². The molecule has 0 bridgehead atoms. The maximum Gasteiger partial charge on any atom is 0.143 e. The molecule has 5 nitrogen and oxygen atoms in total. The summed E-state index contributed by atoms with van der Waals surface area (Å²) in [6.07, 6.45) is 0. The van der Waals surface area contributed by atoms with E-state index in [-0.39, 0.29) is 12.1 Å². The topological polar surface area (TPSA) is 37.6 Å². The summed E-state index contributed by atoms with van der Waals surface area (Å²) in [5.41, 5.74) is 6.95. The van der Waals surface area contributed by atoms with Crippen molar-refractivity contribution in [1.29, 1.82) is 0 Å². The molecule has 6 aromatic carbocycles. The van der Waals surface area contributed by atoms with Crippen LogP contribution in [0.3, 0.4) is 0 Å². The van der Waals surface area contributed by atoms with Crippen LogP contribution >= 0.6 is 0 Å². The summed E-state index contributed by atoms with van der Waals surface area (Å²) in [5.74, 6) is 3.48. The number of ether oxygens (including phenoxy) is 3. The molecule has 10 rings (SSSR count). The second kappa shape index (κ2) is 9.41. The smallest absolute Gasteiger partial charge is 0.143 e. The molecule has 216 valence electrons. The maximum atomic E-state index is 7.03. The summed E-state index contributed by atoms with van der Waals surface area (Å²) in [4.78, 5) is 0. The first kappa shape index (κ1) is 24.7. The molecule has 0 fully saturated rings. The quantitative estimate of drug-likeness (QED) is 0.207. The van der Waals surface area contributed by atoms with Crippen LogP contribution in [0, 0.1) is 0 Å². The Hall–Kier alpha value is -5.68. The summed E-state index contributed by atoms with van der Waals surface area (Å²) < 4.78 is 24.6. The van der Waals surface area contributed by atoms with Gasteiger partial charge in [-0.3, -0.25) is 0 Å². The molecule has 45 heavy (non-hydrogen) atoms. The molecule has 0 aliphatic carbocycles. The van der Waals surface area contributed by atoms with Gasteiger partial charge in [-0.2, -0.15) is 0 Å². The van der Waals surface area contributed by atoms with Gasteiger partial charge in [-0.15, -0.1) is 0 Å². The first-order valence-corrected chi connectivity index (χ1v) is 15.5. The highest BCUT2D eigenvalue weighted by atomic mass is 16.5. The first-order valence-electron chi connectivity index (χ1n) is 15.5. The zero-order chi connectivity index (χ0) is 29.5. The van der Waals surface area contributed by atoms with Gasteiger partial charge in [0, 0.05) is 10.8 Å². The summed E-state index contributed by atoms with van der Waals surface area (Å²) in [6.45, 7) is 1.16. The Bertz CT molecular complexity index is 2250. The van der Waals surface area contributed by atoms with Crippen LogP contribution in [0.5, 0.6) is 23.0 Å². The van der Waals surface area contributed by atoms with Crippen LogP contribution in [-0.4, -0.2) is 22.3 Å². The van der Waals surface area contributed by atoms with Crippen LogP contribution in [-0.2, 0) is 0 Å². The molecule has 2 aliphatic heterocycles.